The van der Waals surface area contributed by atoms with Gasteiger partial charge in [-0.15, -0.1) is 0 Å². The zero-order valence-corrected chi connectivity index (χ0v) is 11.0. The monoisotopic (exact) mass is 258 g/mol. The van der Waals surface area contributed by atoms with Gasteiger partial charge in [0.2, 0.25) is 0 Å². The molecule has 0 bridgehead atoms. The fraction of sp³-hybridized carbons (Fsp3) is 0.267. The van der Waals surface area contributed by atoms with Crippen LogP contribution in [0.1, 0.15) is 22.6 Å². The maximum absolute atomic E-state index is 13.6. The molecule has 0 fully saturated rings. The summed E-state index contributed by atoms with van der Waals surface area (Å²) in [6, 6.07) is 10.2. The van der Waals surface area contributed by atoms with Gasteiger partial charge in [0.25, 0.3) is 0 Å². The zero-order valence-electron chi connectivity index (χ0n) is 11.0. The number of rotatable bonds is 4. The van der Waals surface area contributed by atoms with Crippen LogP contribution >= 0.6 is 0 Å². The van der Waals surface area contributed by atoms with Crippen LogP contribution in [0.25, 0.3) is 0 Å². The summed E-state index contributed by atoms with van der Waals surface area (Å²) in [6.07, 6.45) is 0. The Balaban J connectivity index is 2.06. The first-order valence-electron chi connectivity index (χ1n) is 6.01. The van der Waals surface area contributed by atoms with Crippen LogP contribution in [-0.4, -0.2) is 11.9 Å². The van der Waals surface area contributed by atoms with E-state index in [9.17, 15) is 4.39 Å². The van der Waals surface area contributed by atoms with Gasteiger partial charge < -0.3 is 4.42 Å². The van der Waals surface area contributed by atoms with E-state index in [1.807, 2.05) is 37.1 Å². The summed E-state index contributed by atoms with van der Waals surface area (Å²) >= 11 is 0. The Morgan fingerprint density at radius 1 is 1.26 bits per heavy atom. The molecule has 0 aliphatic rings. The normalized spacial score (nSPS) is 10.7. The van der Waals surface area contributed by atoms with Crippen LogP contribution in [0.5, 0.6) is 0 Å². The van der Waals surface area contributed by atoms with E-state index < -0.39 is 0 Å². The maximum Gasteiger partial charge on any atom is 0.127 e. The number of nitriles is 1. The van der Waals surface area contributed by atoms with E-state index in [2.05, 4.69) is 0 Å². The molecule has 19 heavy (non-hydrogen) atoms. The van der Waals surface area contributed by atoms with Crippen molar-refractivity contribution in [3.05, 3.63) is 58.8 Å². The molecule has 3 nitrogen and oxygen atoms in total. The summed E-state index contributed by atoms with van der Waals surface area (Å²) < 4.78 is 19.1. The minimum atomic E-state index is -0.290. The summed E-state index contributed by atoms with van der Waals surface area (Å²) in [5, 5.41) is 8.82. The van der Waals surface area contributed by atoms with Crippen molar-refractivity contribution in [2.24, 2.45) is 0 Å². The van der Waals surface area contributed by atoms with Crippen LogP contribution in [0, 0.1) is 24.1 Å². The minimum Gasteiger partial charge on any atom is -0.465 e. The molecular formula is C15H15FN2O. The molecule has 0 unspecified atom stereocenters. The van der Waals surface area contributed by atoms with Crippen molar-refractivity contribution in [1.82, 2.24) is 4.90 Å². The minimum absolute atomic E-state index is 0.290. The van der Waals surface area contributed by atoms with Gasteiger partial charge in [-0.05, 0) is 44.3 Å². The summed E-state index contributed by atoms with van der Waals surface area (Å²) in [5.74, 6) is 1.42. The summed E-state index contributed by atoms with van der Waals surface area (Å²) in [4.78, 5) is 1.94. The van der Waals surface area contributed by atoms with Crippen molar-refractivity contribution in [3.8, 4) is 6.07 Å². The van der Waals surface area contributed by atoms with E-state index in [4.69, 9.17) is 9.68 Å². The molecule has 0 N–H and O–H groups in total. The number of nitrogens with zero attached hydrogens (tertiary/aromatic N) is 2. The third kappa shape index (κ3) is 3.43. The van der Waals surface area contributed by atoms with Gasteiger partial charge >= 0.3 is 0 Å². The zero-order chi connectivity index (χ0) is 13.8. The molecule has 0 saturated heterocycles. The van der Waals surface area contributed by atoms with Crippen molar-refractivity contribution in [2.75, 3.05) is 7.05 Å². The van der Waals surface area contributed by atoms with Crippen molar-refractivity contribution in [3.63, 3.8) is 0 Å². The van der Waals surface area contributed by atoms with Crippen molar-refractivity contribution < 1.29 is 8.81 Å². The van der Waals surface area contributed by atoms with Crippen LogP contribution in [0.3, 0.4) is 0 Å². The highest BCUT2D eigenvalue weighted by molar-refractivity contribution is 5.33. The first-order valence-corrected chi connectivity index (χ1v) is 6.01. The number of hydrogen-bond donors (Lipinski definition) is 0. The predicted molar refractivity (Wildman–Crippen MR) is 69.7 cm³/mol. The van der Waals surface area contributed by atoms with E-state index >= 15 is 0 Å². The molecule has 2 aromatic rings. The molecular weight excluding hydrogens is 243 g/mol. The average Bonchev–Trinajstić information content (AvgIpc) is 2.77. The number of benzene rings is 1. The van der Waals surface area contributed by atoms with Gasteiger partial charge in [0, 0.05) is 12.1 Å². The van der Waals surface area contributed by atoms with Gasteiger partial charge in [-0.1, -0.05) is 0 Å². The second-order valence-electron chi connectivity index (χ2n) is 4.60. The molecule has 0 amide bonds. The van der Waals surface area contributed by atoms with E-state index in [1.165, 1.54) is 12.1 Å². The topological polar surface area (TPSA) is 40.2 Å². The van der Waals surface area contributed by atoms with Crippen molar-refractivity contribution in [2.45, 2.75) is 20.0 Å². The Kier molecular flexibility index (Phi) is 3.98. The van der Waals surface area contributed by atoms with E-state index in [0.717, 1.165) is 11.5 Å². The van der Waals surface area contributed by atoms with Crippen LogP contribution in [-0.2, 0) is 13.1 Å². The van der Waals surface area contributed by atoms with Gasteiger partial charge in [0.1, 0.15) is 17.3 Å². The number of hydrogen-bond acceptors (Lipinski definition) is 3. The fourth-order valence-corrected chi connectivity index (χ4v) is 1.95. The van der Waals surface area contributed by atoms with Crippen molar-refractivity contribution >= 4 is 0 Å². The third-order valence-corrected chi connectivity index (χ3v) is 2.84. The van der Waals surface area contributed by atoms with Gasteiger partial charge in [-0.25, -0.2) is 4.39 Å². The lowest BCUT2D eigenvalue weighted by atomic mass is 10.1. The summed E-state index contributed by atoms with van der Waals surface area (Å²) in [6.45, 7) is 2.92. The molecule has 0 aliphatic carbocycles. The molecule has 1 aromatic heterocycles. The Morgan fingerprint density at radius 3 is 2.68 bits per heavy atom. The molecule has 0 radical (unpaired) electrons. The van der Waals surface area contributed by atoms with Gasteiger partial charge in [-0.3, -0.25) is 4.90 Å². The number of furan rings is 1. The lowest BCUT2D eigenvalue weighted by Crippen LogP contribution is -2.17. The molecule has 2 rings (SSSR count). The molecule has 4 heteroatoms. The molecule has 0 atom stereocenters. The lowest BCUT2D eigenvalue weighted by molar-refractivity contribution is 0.281. The molecule has 0 aliphatic heterocycles. The Labute approximate surface area is 111 Å². The Hall–Kier alpha value is -2.12. The average molecular weight is 258 g/mol. The van der Waals surface area contributed by atoms with Crippen LogP contribution < -0.4 is 0 Å². The molecule has 1 aromatic carbocycles. The SMILES string of the molecule is Cc1ccc(CN(C)Cc2cc(C#N)ccc2F)o1. The highest BCUT2D eigenvalue weighted by Gasteiger charge is 2.09. The van der Waals surface area contributed by atoms with Gasteiger partial charge in [-0.2, -0.15) is 5.26 Å². The van der Waals surface area contributed by atoms with Crippen LogP contribution in [0.15, 0.2) is 34.7 Å². The van der Waals surface area contributed by atoms with Crippen LogP contribution in [0.4, 0.5) is 4.39 Å². The molecule has 98 valence electrons. The first-order chi connectivity index (χ1) is 9.08. The van der Waals surface area contributed by atoms with Gasteiger partial charge in [0.15, 0.2) is 0 Å². The van der Waals surface area contributed by atoms with Gasteiger partial charge in [0.05, 0.1) is 18.2 Å². The first kappa shape index (κ1) is 13.3. The smallest absolute Gasteiger partial charge is 0.127 e. The second kappa shape index (κ2) is 5.68. The predicted octanol–water partition coefficient (Wildman–Crippen LogP) is 3.23. The van der Waals surface area contributed by atoms with E-state index in [0.29, 0.717) is 24.2 Å². The highest BCUT2D eigenvalue weighted by atomic mass is 19.1. The largest absolute Gasteiger partial charge is 0.465 e. The standard InChI is InChI=1S/C15H15FN2O/c1-11-3-5-14(19-11)10-18(2)9-13-7-12(8-17)4-6-15(13)16/h3-7H,9-10H2,1-2H3. The summed E-state index contributed by atoms with van der Waals surface area (Å²) in [5.41, 5.74) is 0.989. The lowest BCUT2D eigenvalue weighted by Gasteiger charge is -2.15. The Bertz CT molecular complexity index is 613. The van der Waals surface area contributed by atoms with Crippen LogP contribution in [0.2, 0.25) is 0 Å². The number of halogens is 1. The maximum atomic E-state index is 13.6. The Morgan fingerprint density at radius 2 is 2.05 bits per heavy atom. The quantitative estimate of drug-likeness (QED) is 0.845. The fourth-order valence-electron chi connectivity index (χ4n) is 1.95. The van der Waals surface area contributed by atoms with E-state index in [-0.39, 0.29) is 5.82 Å². The summed E-state index contributed by atoms with van der Waals surface area (Å²) in [7, 11) is 1.89. The van der Waals surface area contributed by atoms with E-state index in [1.54, 1.807) is 6.07 Å². The molecule has 0 spiro atoms. The second-order valence-corrected chi connectivity index (χ2v) is 4.60. The third-order valence-electron chi connectivity index (χ3n) is 2.84. The number of aryl methyl sites for hydroxylation is 1. The molecule has 1 heterocycles. The highest BCUT2D eigenvalue weighted by Crippen LogP contribution is 2.15. The molecule has 0 saturated carbocycles. The van der Waals surface area contributed by atoms with Crippen molar-refractivity contribution in [1.29, 1.82) is 5.26 Å².